The van der Waals surface area contributed by atoms with E-state index in [2.05, 4.69) is 0 Å². The minimum absolute atomic E-state index is 0.200. The molecule has 25 heavy (non-hydrogen) atoms. The second-order valence-corrected chi connectivity index (χ2v) is 5.73. The van der Waals surface area contributed by atoms with E-state index < -0.39 is 5.97 Å². The molecule has 0 unspecified atom stereocenters. The van der Waals surface area contributed by atoms with Crippen molar-refractivity contribution in [2.75, 3.05) is 18.1 Å². The van der Waals surface area contributed by atoms with Gasteiger partial charge in [-0.3, -0.25) is 4.79 Å². The van der Waals surface area contributed by atoms with E-state index in [0.29, 0.717) is 11.3 Å². The molecule has 0 aromatic heterocycles. The van der Waals surface area contributed by atoms with Gasteiger partial charge in [0.1, 0.15) is 0 Å². The number of ether oxygens (including phenoxy) is 1. The topological polar surface area (TPSA) is 70.4 Å². The molecule has 0 atom stereocenters. The summed E-state index contributed by atoms with van der Waals surface area (Å²) in [5.74, 6) is -0.906. The van der Waals surface area contributed by atoms with E-state index in [-0.39, 0.29) is 25.5 Å². The standard InChI is InChI=1S/C20H20N2O3/c1-15-4-8-17(9-5-15)20(24)25-14-19(23)22(13-3-12-21)18-10-6-16(2)7-11-18/h4-11H,3,13-14H2,1-2H3. The van der Waals surface area contributed by atoms with Crippen LogP contribution in [0, 0.1) is 25.2 Å². The Morgan fingerprint density at radius 3 is 2.12 bits per heavy atom. The van der Waals surface area contributed by atoms with E-state index in [4.69, 9.17) is 10.00 Å². The maximum absolute atomic E-state index is 12.5. The molecule has 0 heterocycles. The lowest BCUT2D eigenvalue weighted by molar-refractivity contribution is -0.121. The Morgan fingerprint density at radius 1 is 1.00 bits per heavy atom. The first-order valence-corrected chi connectivity index (χ1v) is 7.99. The van der Waals surface area contributed by atoms with Gasteiger partial charge in [-0.25, -0.2) is 4.79 Å². The fourth-order valence-electron chi connectivity index (χ4n) is 2.26. The summed E-state index contributed by atoms with van der Waals surface area (Å²) in [7, 11) is 0. The van der Waals surface area contributed by atoms with Crippen LogP contribution in [-0.2, 0) is 9.53 Å². The van der Waals surface area contributed by atoms with Crippen LogP contribution in [0.3, 0.4) is 0 Å². The largest absolute Gasteiger partial charge is 0.452 e. The van der Waals surface area contributed by atoms with Crippen LogP contribution < -0.4 is 4.90 Å². The first-order chi connectivity index (χ1) is 12.0. The maximum Gasteiger partial charge on any atom is 0.338 e. The fourth-order valence-corrected chi connectivity index (χ4v) is 2.26. The molecule has 0 saturated heterocycles. The Morgan fingerprint density at radius 2 is 1.56 bits per heavy atom. The SMILES string of the molecule is Cc1ccc(C(=O)OCC(=O)N(CCC#N)c2ccc(C)cc2)cc1. The lowest BCUT2D eigenvalue weighted by Gasteiger charge is -2.21. The van der Waals surface area contributed by atoms with Crippen molar-refractivity contribution in [3.63, 3.8) is 0 Å². The maximum atomic E-state index is 12.5. The van der Waals surface area contributed by atoms with Crippen molar-refractivity contribution in [3.05, 3.63) is 65.2 Å². The summed E-state index contributed by atoms with van der Waals surface area (Å²) in [6.45, 7) is 3.76. The first-order valence-electron chi connectivity index (χ1n) is 7.99. The molecule has 2 aromatic carbocycles. The van der Waals surface area contributed by atoms with Gasteiger partial charge in [0.25, 0.3) is 5.91 Å². The van der Waals surface area contributed by atoms with E-state index in [9.17, 15) is 9.59 Å². The van der Waals surface area contributed by atoms with Gasteiger partial charge in [0.05, 0.1) is 18.1 Å². The molecular weight excluding hydrogens is 316 g/mol. The Labute approximate surface area is 147 Å². The normalized spacial score (nSPS) is 9.96. The van der Waals surface area contributed by atoms with Crippen molar-refractivity contribution in [1.82, 2.24) is 0 Å². The van der Waals surface area contributed by atoms with Crippen LogP contribution in [0.15, 0.2) is 48.5 Å². The number of amides is 1. The number of hydrogen-bond donors (Lipinski definition) is 0. The van der Waals surface area contributed by atoms with Crippen molar-refractivity contribution in [2.45, 2.75) is 20.3 Å². The Kier molecular flexibility index (Phi) is 6.30. The second kappa shape index (κ2) is 8.65. The second-order valence-electron chi connectivity index (χ2n) is 5.73. The van der Waals surface area contributed by atoms with Gasteiger partial charge in [-0.05, 0) is 38.1 Å². The van der Waals surface area contributed by atoms with Gasteiger partial charge < -0.3 is 9.64 Å². The summed E-state index contributed by atoms with van der Waals surface area (Å²) in [4.78, 5) is 26.0. The summed E-state index contributed by atoms with van der Waals surface area (Å²) in [5.41, 5.74) is 3.19. The molecule has 0 aliphatic rings. The van der Waals surface area contributed by atoms with E-state index >= 15 is 0 Å². The lowest BCUT2D eigenvalue weighted by Crippen LogP contribution is -2.35. The molecule has 1 amide bonds. The number of benzene rings is 2. The minimum atomic E-state index is -0.544. The summed E-state index contributed by atoms with van der Waals surface area (Å²) in [6, 6.07) is 16.4. The zero-order chi connectivity index (χ0) is 18.2. The van der Waals surface area contributed by atoms with E-state index in [0.717, 1.165) is 11.1 Å². The molecule has 5 heteroatoms. The molecule has 2 aromatic rings. The smallest absolute Gasteiger partial charge is 0.338 e. The predicted molar refractivity (Wildman–Crippen MR) is 95.2 cm³/mol. The number of carbonyl (C=O) groups excluding carboxylic acids is 2. The number of aryl methyl sites for hydroxylation is 2. The van der Waals surface area contributed by atoms with E-state index in [1.165, 1.54) is 4.90 Å². The highest BCUT2D eigenvalue weighted by Crippen LogP contribution is 2.16. The van der Waals surface area contributed by atoms with Crippen LogP contribution in [0.1, 0.15) is 27.9 Å². The molecule has 128 valence electrons. The molecule has 0 N–H and O–H groups in total. The van der Waals surface area contributed by atoms with Crippen LogP contribution in [0.5, 0.6) is 0 Å². The number of anilines is 1. The van der Waals surface area contributed by atoms with E-state index in [1.807, 2.05) is 56.3 Å². The molecule has 0 saturated carbocycles. The third-order valence-corrected chi connectivity index (χ3v) is 3.71. The van der Waals surface area contributed by atoms with Gasteiger partial charge in [0.15, 0.2) is 6.61 Å². The highest BCUT2D eigenvalue weighted by Gasteiger charge is 2.18. The third kappa shape index (κ3) is 5.18. The van der Waals surface area contributed by atoms with Gasteiger partial charge in [-0.2, -0.15) is 5.26 Å². The Balaban J connectivity index is 2.03. The number of hydrogen-bond acceptors (Lipinski definition) is 4. The molecule has 0 spiro atoms. The van der Waals surface area contributed by atoms with Gasteiger partial charge in [-0.1, -0.05) is 35.4 Å². The molecule has 0 aliphatic heterocycles. The predicted octanol–water partition coefficient (Wildman–Crippen LogP) is 3.41. The molecule has 0 bridgehead atoms. The van der Waals surface area contributed by atoms with Crippen LogP contribution >= 0.6 is 0 Å². The number of esters is 1. The van der Waals surface area contributed by atoms with Crippen LogP contribution in [-0.4, -0.2) is 25.0 Å². The van der Waals surface area contributed by atoms with Crippen LogP contribution in [0.25, 0.3) is 0 Å². The van der Waals surface area contributed by atoms with Crippen molar-refractivity contribution in [2.24, 2.45) is 0 Å². The van der Waals surface area contributed by atoms with Gasteiger partial charge >= 0.3 is 5.97 Å². The van der Waals surface area contributed by atoms with Crippen molar-refractivity contribution < 1.29 is 14.3 Å². The first kappa shape index (κ1) is 18.2. The van der Waals surface area contributed by atoms with Gasteiger partial charge in [-0.15, -0.1) is 0 Å². The Bertz CT molecular complexity index is 774. The van der Waals surface area contributed by atoms with Crippen molar-refractivity contribution in [1.29, 1.82) is 5.26 Å². The molecule has 5 nitrogen and oxygen atoms in total. The highest BCUT2D eigenvalue weighted by molar-refractivity contribution is 5.97. The monoisotopic (exact) mass is 336 g/mol. The van der Waals surface area contributed by atoms with Crippen LogP contribution in [0.2, 0.25) is 0 Å². The average molecular weight is 336 g/mol. The number of nitriles is 1. The average Bonchev–Trinajstić information content (AvgIpc) is 2.62. The van der Waals surface area contributed by atoms with Crippen molar-refractivity contribution in [3.8, 4) is 6.07 Å². The zero-order valence-electron chi connectivity index (χ0n) is 14.4. The summed E-state index contributed by atoms with van der Waals surface area (Å²) in [5, 5.41) is 8.80. The van der Waals surface area contributed by atoms with Gasteiger partial charge in [0.2, 0.25) is 0 Å². The highest BCUT2D eigenvalue weighted by atomic mass is 16.5. The molecule has 2 rings (SSSR count). The number of rotatable bonds is 6. The number of carbonyl (C=O) groups is 2. The van der Waals surface area contributed by atoms with E-state index in [1.54, 1.807) is 12.1 Å². The zero-order valence-corrected chi connectivity index (χ0v) is 14.4. The summed E-state index contributed by atoms with van der Waals surface area (Å²) >= 11 is 0. The summed E-state index contributed by atoms with van der Waals surface area (Å²) in [6.07, 6.45) is 0.200. The molecule has 0 fully saturated rings. The molecule has 0 aliphatic carbocycles. The van der Waals surface area contributed by atoms with Crippen LogP contribution in [0.4, 0.5) is 5.69 Å². The molecule has 0 radical (unpaired) electrons. The lowest BCUT2D eigenvalue weighted by atomic mass is 10.1. The fraction of sp³-hybridized carbons (Fsp3) is 0.250. The minimum Gasteiger partial charge on any atom is -0.452 e. The third-order valence-electron chi connectivity index (χ3n) is 3.71. The Hall–Kier alpha value is -3.13. The van der Waals surface area contributed by atoms with Crippen molar-refractivity contribution >= 4 is 17.6 Å². The van der Waals surface area contributed by atoms with Gasteiger partial charge in [0, 0.05) is 12.2 Å². The molecular formula is C20H20N2O3. The quantitative estimate of drug-likeness (QED) is 0.758. The summed E-state index contributed by atoms with van der Waals surface area (Å²) < 4.78 is 5.12. The number of nitrogens with zero attached hydrogens (tertiary/aromatic N) is 2.